The molecule has 0 aromatic heterocycles. The molecule has 2 aromatic rings. The Balaban J connectivity index is 2.04. The molecule has 0 aliphatic rings. The van der Waals surface area contributed by atoms with Crippen molar-refractivity contribution in [1.82, 2.24) is 0 Å². The SMILES string of the molecule is CCOC(=O)CCCOc1ccc(NC(C)=O)c(NCc2ccc(OCC)cc2Cl)c1. The van der Waals surface area contributed by atoms with E-state index >= 15 is 0 Å². The number of hydrogen-bond acceptors (Lipinski definition) is 6. The van der Waals surface area contributed by atoms with Crippen molar-refractivity contribution >= 4 is 34.9 Å². The van der Waals surface area contributed by atoms with E-state index in [0.717, 1.165) is 5.56 Å². The molecule has 1 amide bonds. The lowest BCUT2D eigenvalue weighted by molar-refractivity contribution is -0.143. The van der Waals surface area contributed by atoms with Gasteiger partial charge in [-0.05, 0) is 50.1 Å². The van der Waals surface area contributed by atoms with Crippen LogP contribution in [0.25, 0.3) is 0 Å². The third-order valence-corrected chi connectivity index (χ3v) is 4.56. The first kappa shape index (κ1) is 24.3. The monoisotopic (exact) mass is 448 g/mol. The van der Waals surface area contributed by atoms with Crippen LogP contribution in [0.2, 0.25) is 5.02 Å². The van der Waals surface area contributed by atoms with Crippen LogP contribution in [-0.4, -0.2) is 31.7 Å². The van der Waals surface area contributed by atoms with Gasteiger partial charge in [0.25, 0.3) is 0 Å². The Labute approximate surface area is 188 Å². The molecule has 0 spiro atoms. The lowest BCUT2D eigenvalue weighted by atomic mass is 10.2. The molecule has 0 aliphatic heterocycles. The Morgan fingerprint density at radius 3 is 2.39 bits per heavy atom. The average Bonchev–Trinajstić information content (AvgIpc) is 2.72. The number of benzene rings is 2. The van der Waals surface area contributed by atoms with Crippen molar-refractivity contribution in [3.8, 4) is 11.5 Å². The van der Waals surface area contributed by atoms with Crippen molar-refractivity contribution in [3.05, 3.63) is 47.0 Å². The molecule has 0 radical (unpaired) electrons. The predicted octanol–water partition coefficient (Wildman–Crippen LogP) is 5.03. The zero-order valence-corrected chi connectivity index (χ0v) is 18.9. The van der Waals surface area contributed by atoms with Crippen LogP contribution in [0, 0.1) is 0 Å². The Kier molecular flexibility index (Phi) is 9.97. The number of hydrogen-bond donors (Lipinski definition) is 2. The molecule has 8 heteroatoms. The highest BCUT2D eigenvalue weighted by atomic mass is 35.5. The van der Waals surface area contributed by atoms with Gasteiger partial charge in [-0.15, -0.1) is 0 Å². The second-order valence-electron chi connectivity index (χ2n) is 6.69. The molecular formula is C23H29ClN2O5. The molecule has 31 heavy (non-hydrogen) atoms. The van der Waals surface area contributed by atoms with Crippen LogP contribution < -0.4 is 20.1 Å². The number of ether oxygens (including phenoxy) is 3. The highest BCUT2D eigenvalue weighted by Gasteiger charge is 2.09. The minimum absolute atomic E-state index is 0.176. The minimum atomic E-state index is -0.235. The van der Waals surface area contributed by atoms with Crippen molar-refractivity contribution in [2.24, 2.45) is 0 Å². The van der Waals surface area contributed by atoms with Crippen LogP contribution in [0.1, 0.15) is 39.2 Å². The summed E-state index contributed by atoms with van der Waals surface area (Å²) in [6.07, 6.45) is 0.857. The Morgan fingerprint density at radius 1 is 0.968 bits per heavy atom. The molecule has 168 valence electrons. The zero-order valence-electron chi connectivity index (χ0n) is 18.1. The fraction of sp³-hybridized carbons (Fsp3) is 0.391. The van der Waals surface area contributed by atoms with Gasteiger partial charge < -0.3 is 24.8 Å². The number of carbonyl (C=O) groups is 2. The van der Waals surface area contributed by atoms with Crippen LogP contribution in [0.5, 0.6) is 11.5 Å². The molecule has 0 heterocycles. The topological polar surface area (TPSA) is 85.9 Å². The van der Waals surface area contributed by atoms with Gasteiger partial charge in [0.05, 0.1) is 31.2 Å². The van der Waals surface area contributed by atoms with Crippen LogP contribution in [0.3, 0.4) is 0 Å². The summed E-state index contributed by atoms with van der Waals surface area (Å²) >= 11 is 6.37. The number of anilines is 2. The standard InChI is InChI=1S/C23H29ClN2O5/c1-4-29-18-9-8-17(20(24)13-18)15-25-22-14-19(10-11-21(22)26-16(3)27)31-12-6-7-23(28)30-5-2/h8-11,13-14,25H,4-7,12,15H2,1-3H3,(H,26,27). The third kappa shape index (κ3) is 8.38. The van der Waals surface area contributed by atoms with E-state index < -0.39 is 0 Å². The molecule has 2 rings (SSSR count). The number of rotatable bonds is 12. The maximum Gasteiger partial charge on any atom is 0.305 e. The quantitative estimate of drug-likeness (QED) is 0.350. The van der Waals surface area contributed by atoms with E-state index in [4.69, 9.17) is 25.8 Å². The normalized spacial score (nSPS) is 10.3. The molecule has 2 N–H and O–H groups in total. The van der Waals surface area contributed by atoms with Crippen LogP contribution >= 0.6 is 11.6 Å². The van der Waals surface area contributed by atoms with Crippen LogP contribution in [0.15, 0.2) is 36.4 Å². The minimum Gasteiger partial charge on any atom is -0.494 e. The van der Waals surface area contributed by atoms with Gasteiger partial charge >= 0.3 is 5.97 Å². The summed E-state index contributed by atoms with van der Waals surface area (Å²) in [5, 5.41) is 6.69. The highest BCUT2D eigenvalue weighted by Crippen LogP contribution is 2.29. The van der Waals surface area contributed by atoms with E-state index in [9.17, 15) is 9.59 Å². The van der Waals surface area contributed by atoms with Crippen molar-refractivity contribution < 1.29 is 23.8 Å². The molecular weight excluding hydrogens is 420 g/mol. The number of esters is 1. The van der Waals surface area contributed by atoms with Gasteiger partial charge in [0, 0.05) is 31.0 Å². The first-order valence-electron chi connectivity index (χ1n) is 10.3. The number of nitrogens with one attached hydrogen (secondary N) is 2. The van der Waals surface area contributed by atoms with E-state index in [1.807, 2.05) is 19.1 Å². The molecule has 0 saturated carbocycles. The fourth-order valence-electron chi connectivity index (χ4n) is 2.82. The van der Waals surface area contributed by atoms with Crippen molar-refractivity contribution in [3.63, 3.8) is 0 Å². The van der Waals surface area contributed by atoms with Gasteiger partial charge in [-0.1, -0.05) is 17.7 Å². The molecule has 0 unspecified atom stereocenters. The Bertz CT molecular complexity index is 888. The van der Waals surface area contributed by atoms with Gasteiger partial charge in [-0.3, -0.25) is 9.59 Å². The largest absolute Gasteiger partial charge is 0.494 e. The van der Waals surface area contributed by atoms with E-state index in [1.165, 1.54) is 6.92 Å². The Morgan fingerprint density at radius 2 is 1.71 bits per heavy atom. The number of amides is 1. The van der Waals surface area contributed by atoms with E-state index in [0.29, 0.717) is 67.1 Å². The number of carbonyl (C=O) groups excluding carboxylic acids is 2. The molecule has 0 fully saturated rings. The Hall–Kier alpha value is -2.93. The number of halogens is 1. The molecule has 0 atom stereocenters. The summed E-state index contributed by atoms with van der Waals surface area (Å²) in [5.74, 6) is 0.929. The van der Waals surface area contributed by atoms with Crippen LogP contribution in [0.4, 0.5) is 11.4 Å². The molecule has 7 nitrogen and oxygen atoms in total. The van der Waals surface area contributed by atoms with Crippen molar-refractivity contribution in [1.29, 1.82) is 0 Å². The summed E-state index contributed by atoms with van der Waals surface area (Å²) in [5.41, 5.74) is 2.22. The van der Waals surface area contributed by atoms with Crippen molar-refractivity contribution in [2.45, 2.75) is 40.2 Å². The van der Waals surface area contributed by atoms with Gasteiger partial charge in [0.15, 0.2) is 0 Å². The van der Waals surface area contributed by atoms with Crippen LogP contribution in [-0.2, 0) is 20.9 Å². The summed E-state index contributed by atoms with van der Waals surface area (Å²) in [4.78, 5) is 23.0. The van der Waals surface area contributed by atoms with E-state index in [1.54, 1.807) is 31.2 Å². The zero-order chi connectivity index (χ0) is 22.6. The summed E-state index contributed by atoms with van der Waals surface area (Å²) in [6.45, 7) is 6.91. The second kappa shape index (κ2) is 12.7. The summed E-state index contributed by atoms with van der Waals surface area (Å²) in [6, 6.07) is 10.9. The lowest BCUT2D eigenvalue weighted by Gasteiger charge is -2.16. The van der Waals surface area contributed by atoms with Gasteiger partial charge in [-0.2, -0.15) is 0 Å². The van der Waals surface area contributed by atoms with Gasteiger partial charge in [0.2, 0.25) is 5.91 Å². The molecule has 2 aromatic carbocycles. The second-order valence-corrected chi connectivity index (χ2v) is 7.09. The first-order valence-corrected chi connectivity index (χ1v) is 10.7. The van der Waals surface area contributed by atoms with E-state index in [2.05, 4.69) is 10.6 Å². The highest BCUT2D eigenvalue weighted by molar-refractivity contribution is 6.31. The smallest absolute Gasteiger partial charge is 0.305 e. The first-order chi connectivity index (χ1) is 14.9. The van der Waals surface area contributed by atoms with Gasteiger partial charge in [-0.25, -0.2) is 0 Å². The molecule has 0 aliphatic carbocycles. The van der Waals surface area contributed by atoms with Crippen molar-refractivity contribution in [2.75, 3.05) is 30.5 Å². The average molecular weight is 449 g/mol. The van der Waals surface area contributed by atoms with E-state index in [-0.39, 0.29) is 11.9 Å². The third-order valence-electron chi connectivity index (χ3n) is 4.21. The van der Waals surface area contributed by atoms with Gasteiger partial charge in [0.1, 0.15) is 11.5 Å². The summed E-state index contributed by atoms with van der Waals surface area (Å²) < 4.78 is 16.1. The predicted molar refractivity (Wildman–Crippen MR) is 122 cm³/mol. The molecule has 0 bridgehead atoms. The summed E-state index contributed by atoms with van der Waals surface area (Å²) in [7, 11) is 0. The molecule has 0 saturated heterocycles. The maximum atomic E-state index is 11.6. The lowest BCUT2D eigenvalue weighted by Crippen LogP contribution is -2.10. The fourth-order valence-corrected chi connectivity index (χ4v) is 3.05. The maximum absolute atomic E-state index is 11.6.